The smallest absolute Gasteiger partial charge is 0.376 e. The van der Waals surface area contributed by atoms with Gasteiger partial charge in [0.1, 0.15) is 0 Å². The minimum atomic E-state index is -4.76. The number of rotatable bonds is 2. The van der Waals surface area contributed by atoms with Crippen LogP contribution in [0.25, 0.3) is 21.5 Å². The van der Waals surface area contributed by atoms with E-state index in [9.17, 15) is 18.3 Å². The highest BCUT2D eigenvalue weighted by atomic mass is 32.1. The van der Waals surface area contributed by atoms with Gasteiger partial charge in [0.25, 0.3) is 0 Å². The molecule has 7 heteroatoms. The molecule has 0 spiro atoms. The first kappa shape index (κ1) is 14.9. The summed E-state index contributed by atoms with van der Waals surface area (Å²) in [5.41, 5.74) is 0.330. The molecule has 0 saturated heterocycles. The summed E-state index contributed by atoms with van der Waals surface area (Å²) in [6.07, 6.45) is -3.49. The van der Waals surface area contributed by atoms with Crippen LogP contribution < -0.4 is 0 Å². The molecule has 0 aliphatic carbocycles. The van der Waals surface area contributed by atoms with Gasteiger partial charge < -0.3 is 5.11 Å². The molecule has 114 valence electrons. The van der Waals surface area contributed by atoms with Crippen molar-refractivity contribution in [3.63, 3.8) is 0 Å². The monoisotopic (exact) mass is 324 g/mol. The van der Waals surface area contributed by atoms with Crippen LogP contribution >= 0.6 is 11.3 Å². The van der Waals surface area contributed by atoms with Gasteiger partial charge in [0.2, 0.25) is 0 Å². The quantitative estimate of drug-likeness (QED) is 0.771. The maximum absolute atomic E-state index is 13.0. The summed E-state index contributed by atoms with van der Waals surface area (Å²) in [5, 5.41) is 9.80. The summed E-state index contributed by atoms with van der Waals surface area (Å²) in [4.78, 5) is 8.31. The molecule has 2 aromatic heterocycles. The fourth-order valence-electron chi connectivity index (χ4n) is 2.13. The lowest BCUT2D eigenvalue weighted by Gasteiger charge is -2.26. The molecule has 3 aromatic rings. The summed E-state index contributed by atoms with van der Waals surface area (Å²) in [6, 6.07) is 7.80. The number of aromatic nitrogens is 2. The van der Waals surface area contributed by atoms with Gasteiger partial charge in [0.05, 0.1) is 21.4 Å². The molecule has 3 rings (SSSR count). The number of alkyl halides is 3. The molecular formula is C15H11F3N2OS. The molecular weight excluding hydrogens is 313 g/mol. The minimum Gasteiger partial charge on any atom is -0.376 e. The molecule has 1 N–H and O–H groups in total. The predicted octanol–water partition coefficient (Wildman–Crippen LogP) is 4.13. The third-order valence-electron chi connectivity index (χ3n) is 3.51. The topological polar surface area (TPSA) is 46.0 Å². The second-order valence-corrected chi connectivity index (χ2v) is 5.86. The van der Waals surface area contributed by atoms with Crippen molar-refractivity contribution in [3.8, 4) is 11.3 Å². The van der Waals surface area contributed by atoms with Gasteiger partial charge >= 0.3 is 6.18 Å². The SMILES string of the molecule is CC(O)(c1ccnc(-c2cccc3ncsc23)c1)C(F)(F)F. The molecule has 1 unspecified atom stereocenters. The molecule has 0 amide bonds. The molecule has 1 atom stereocenters. The normalized spacial score (nSPS) is 15.0. The van der Waals surface area contributed by atoms with Gasteiger partial charge in [-0.1, -0.05) is 12.1 Å². The minimum absolute atomic E-state index is 0.244. The van der Waals surface area contributed by atoms with E-state index in [1.54, 1.807) is 17.6 Å². The Morgan fingerprint density at radius 2 is 1.91 bits per heavy atom. The van der Waals surface area contributed by atoms with Crippen LogP contribution in [0.1, 0.15) is 12.5 Å². The third-order valence-corrected chi connectivity index (χ3v) is 4.38. The number of thiazole rings is 1. The van der Waals surface area contributed by atoms with Crippen molar-refractivity contribution < 1.29 is 18.3 Å². The number of fused-ring (bicyclic) bond motifs is 1. The summed E-state index contributed by atoms with van der Waals surface area (Å²) >= 11 is 1.39. The summed E-state index contributed by atoms with van der Waals surface area (Å²) < 4.78 is 39.8. The third kappa shape index (κ3) is 2.36. The van der Waals surface area contributed by atoms with E-state index in [2.05, 4.69) is 9.97 Å². The van der Waals surface area contributed by atoms with Gasteiger partial charge in [-0.05, 0) is 30.7 Å². The lowest BCUT2D eigenvalue weighted by molar-refractivity contribution is -0.258. The standard InChI is InChI=1S/C15H11F3N2OS/c1-14(21,15(16,17)18)9-5-6-19-12(7-9)10-3-2-4-11-13(10)22-8-20-11/h2-8,21H,1H3. The van der Waals surface area contributed by atoms with Gasteiger partial charge in [-0.2, -0.15) is 13.2 Å². The second-order valence-electron chi connectivity index (χ2n) is 5.01. The zero-order chi connectivity index (χ0) is 16.0. The lowest BCUT2D eigenvalue weighted by Crippen LogP contribution is -2.39. The average Bonchev–Trinajstić information content (AvgIpc) is 2.94. The first-order valence-electron chi connectivity index (χ1n) is 6.39. The number of hydrogen-bond donors (Lipinski definition) is 1. The largest absolute Gasteiger partial charge is 0.421 e. The highest BCUT2D eigenvalue weighted by molar-refractivity contribution is 7.17. The zero-order valence-electron chi connectivity index (χ0n) is 11.4. The molecule has 0 aliphatic heterocycles. The van der Waals surface area contributed by atoms with E-state index in [0.29, 0.717) is 11.3 Å². The van der Waals surface area contributed by atoms with Crippen molar-refractivity contribution in [2.24, 2.45) is 0 Å². The van der Waals surface area contributed by atoms with Crippen LogP contribution in [0.3, 0.4) is 0 Å². The number of benzene rings is 1. The van der Waals surface area contributed by atoms with Crippen molar-refractivity contribution in [1.82, 2.24) is 9.97 Å². The Balaban J connectivity index is 2.15. The van der Waals surface area contributed by atoms with E-state index in [-0.39, 0.29) is 5.56 Å². The van der Waals surface area contributed by atoms with Crippen molar-refractivity contribution in [2.75, 3.05) is 0 Å². The van der Waals surface area contributed by atoms with Crippen LogP contribution in [-0.2, 0) is 5.60 Å². The van der Waals surface area contributed by atoms with E-state index in [0.717, 1.165) is 17.1 Å². The molecule has 1 aromatic carbocycles. The van der Waals surface area contributed by atoms with Gasteiger partial charge in [-0.3, -0.25) is 4.98 Å². The number of hydrogen-bond acceptors (Lipinski definition) is 4. The second kappa shape index (κ2) is 5.03. The molecule has 0 fully saturated rings. The number of pyridine rings is 1. The highest BCUT2D eigenvalue weighted by Crippen LogP contribution is 2.39. The molecule has 0 aliphatic rings. The first-order valence-corrected chi connectivity index (χ1v) is 7.27. The van der Waals surface area contributed by atoms with Crippen molar-refractivity contribution in [3.05, 3.63) is 47.6 Å². The summed E-state index contributed by atoms with van der Waals surface area (Å²) in [6.45, 7) is 0.736. The van der Waals surface area contributed by atoms with Gasteiger partial charge in [0.15, 0.2) is 5.60 Å². The maximum Gasteiger partial charge on any atom is 0.421 e. The van der Waals surface area contributed by atoms with Gasteiger partial charge in [-0.25, -0.2) is 4.98 Å². The Morgan fingerprint density at radius 3 is 2.64 bits per heavy atom. The fraction of sp³-hybridized carbons (Fsp3) is 0.200. The van der Waals surface area contributed by atoms with Crippen LogP contribution in [0.5, 0.6) is 0 Å². The summed E-state index contributed by atoms with van der Waals surface area (Å²) in [5.74, 6) is 0. The Bertz CT molecular complexity index is 827. The number of halogens is 3. The van der Waals surface area contributed by atoms with Crippen LogP contribution in [0, 0.1) is 0 Å². The van der Waals surface area contributed by atoms with Crippen molar-refractivity contribution >= 4 is 21.6 Å². The Hall–Kier alpha value is -1.99. The van der Waals surface area contributed by atoms with Crippen molar-refractivity contribution in [1.29, 1.82) is 0 Å². The predicted molar refractivity (Wildman–Crippen MR) is 78.5 cm³/mol. The van der Waals surface area contributed by atoms with Gasteiger partial charge in [-0.15, -0.1) is 11.3 Å². The van der Waals surface area contributed by atoms with E-state index >= 15 is 0 Å². The number of nitrogens with zero attached hydrogens (tertiary/aromatic N) is 2. The zero-order valence-corrected chi connectivity index (χ0v) is 12.2. The van der Waals surface area contributed by atoms with Crippen LogP contribution in [-0.4, -0.2) is 21.3 Å². The van der Waals surface area contributed by atoms with E-state index in [1.807, 2.05) is 6.07 Å². The molecule has 0 saturated carbocycles. The Kier molecular flexibility index (Phi) is 3.41. The lowest BCUT2D eigenvalue weighted by atomic mass is 9.94. The number of aliphatic hydroxyl groups is 1. The van der Waals surface area contributed by atoms with E-state index in [4.69, 9.17) is 0 Å². The highest BCUT2D eigenvalue weighted by Gasteiger charge is 2.51. The van der Waals surface area contributed by atoms with E-state index < -0.39 is 11.8 Å². The Morgan fingerprint density at radius 1 is 1.14 bits per heavy atom. The molecule has 3 nitrogen and oxygen atoms in total. The van der Waals surface area contributed by atoms with Gasteiger partial charge in [0, 0.05) is 11.8 Å². The molecule has 22 heavy (non-hydrogen) atoms. The first-order chi connectivity index (χ1) is 10.3. The van der Waals surface area contributed by atoms with Crippen molar-refractivity contribution in [2.45, 2.75) is 18.7 Å². The maximum atomic E-state index is 13.0. The average molecular weight is 324 g/mol. The van der Waals surface area contributed by atoms with Crippen LogP contribution in [0.15, 0.2) is 42.0 Å². The van der Waals surface area contributed by atoms with E-state index in [1.165, 1.54) is 29.7 Å². The molecule has 0 bridgehead atoms. The Labute approximate surface area is 128 Å². The van der Waals surface area contributed by atoms with Crippen LogP contribution in [0.4, 0.5) is 13.2 Å². The molecule has 0 radical (unpaired) electrons. The summed E-state index contributed by atoms with van der Waals surface area (Å²) in [7, 11) is 0. The molecule has 2 heterocycles. The van der Waals surface area contributed by atoms with Crippen LogP contribution in [0.2, 0.25) is 0 Å². The fourth-order valence-corrected chi connectivity index (χ4v) is 2.94.